The van der Waals surface area contributed by atoms with Gasteiger partial charge in [-0.1, -0.05) is 30.3 Å². The van der Waals surface area contributed by atoms with E-state index < -0.39 is 23.6 Å². The lowest BCUT2D eigenvalue weighted by atomic mass is 9.82. The Kier molecular flexibility index (Phi) is 3.94. The third kappa shape index (κ3) is 2.91. The Morgan fingerprint density at radius 3 is 2.50 bits per heavy atom. The number of aliphatic carboxylic acids is 1. The highest BCUT2D eigenvalue weighted by Crippen LogP contribution is 2.29. The van der Waals surface area contributed by atoms with E-state index in [4.69, 9.17) is 9.84 Å². The van der Waals surface area contributed by atoms with Gasteiger partial charge < -0.3 is 19.8 Å². The van der Waals surface area contributed by atoms with Gasteiger partial charge in [0.2, 0.25) is 0 Å². The molecule has 1 aliphatic heterocycles. The molecule has 1 aliphatic rings. The van der Waals surface area contributed by atoms with Gasteiger partial charge in [-0.15, -0.1) is 0 Å². The third-order valence-corrected chi connectivity index (χ3v) is 3.57. The number of amides is 1. The lowest BCUT2D eigenvalue weighted by Gasteiger charge is -2.47. The molecule has 1 unspecified atom stereocenters. The molecule has 108 valence electrons. The van der Waals surface area contributed by atoms with Crippen LogP contribution in [0.2, 0.25) is 0 Å². The second-order valence-corrected chi connectivity index (χ2v) is 5.06. The predicted octanol–water partition coefficient (Wildman–Crippen LogP) is 1.09. The molecule has 1 atom stereocenters. The number of benzene rings is 1. The number of rotatable bonds is 4. The Labute approximate surface area is 116 Å². The van der Waals surface area contributed by atoms with Crippen molar-refractivity contribution in [1.29, 1.82) is 0 Å². The Balaban J connectivity index is 1.81. The molecule has 1 aromatic carbocycles. The second-order valence-electron chi connectivity index (χ2n) is 5.06. The number of carboxylic acids is 1. The van der Waals surface area contributed by atoms with Crippen LogP contribution in [0, 0.1) is 5.92 Å². The summed E-state index contributed by atoms with van der Waals surface area (Å²) in [6.45, 7) is 1.54. The normalized spacial score (nSPS) is 18.0. The number of hydrogen-bond acceptors (Lipinski definition) is 4. The van der Waals surface area contributed by atoms with Crippen LogP contribution in [0.4, 0.5) is 4.79 Å². The smallest absolute Gasteiger partial charge is 0.410 e. The zero-order valence-electron chi connectivity index (χ0n) is 11.2. The predicted molar refractivity (Wildman–Crippen MR) is 69.9 cm³/mol. The standard InChI is InChI=1S/C14H17NO5/c1-10(12(16)17)14(19)8-15(9-14)13(18)20-7-11-5-3-2-4-6-11/h2-6,10,19H,7-9H2,1H3,(H,16,17). The van der Waals surface area contributed by atoms with E-state index in [9.17, 15) is 14.7 Å². The summed E-state index contributed by atoms with van der Waals surface area (Å²) in [6.07, 6.45) is -0.545. The van der Waals surface area contributed by atoms with E-state index in [-0.39, 0.29) is 19.7 Å². The summed E-state index contributed by atoms with van der Waals surface area (Å²) >= 11 is 0. The lowest BCUT2D eigenvalue weighted by molar-refractivity contribution is -0.166. The van der Waals surface area contributed by atoms with Crippen LogP contribution in [0.25, 0.3) is 0 Å². The Morgan fingerprint density at radius 2 is 1.95 bits per heavy atom. The number of likely N-dealkylation sites (tertiary alicyclic amines) is 1. The van der Waals surface area contributed by atoms with Crippen LogP contribution in [0.3, 0.4) is 0 Å². The molecule has 1 heterocycles. The van der Waals surface area contributed by atoms with Gasteiger partial charge >= 0.3 is 12.1 Å². The fourth-order valence-corrected chi connectivity index (χ4v) is 2.06. The summed E-state index contributed by atoms with van der Waals surface area (Å²) in [5, 5.41) is 18.9. The van der Waals surface area contributed by atoms with E-state index in [0.29, 0.717) is 0 Å². The van der Waals surface area contributed by atoms with E-state index in [1.54, 1.807) is 0 Å². The molecule has 1 aromatic rings. The van der Waals surface area contributed by atoms with Gasteiger partial charge in [-0.3, -0.25) is 4.79 Å². The zero-order valence-corrected chi connectivity index (χ0v) is 11.2. The van der Waals surface area contributed by atoms with Gasteiger partial charge in [0, 0.05) is 0 Å². The van der Waals surface area contributed by atoms with Crippen molar-refractivity contribution in [2.75, 3.05) is 13.1 Å². The highest BCUT2D eigenvalue weighted by atomic mass is 16.6. The molecule has 6 heteroatoms. The maximum absolute atomic E-state index is 11.7. The highest BCUT2D eigenvalue weighted by molar-refractivity contribution is 5.74. The first-order chi connectivity index (χ1) is 9.42. The topological polar surface area (TPSA) is 87.1 Å². The molecule has 1 amide bonds. The highest BCUT2D eigenvalue weighted by Gasteiger charge is 2.50. The van der Waals surface area contributed by atoms with Crippen LogP contribution >= 0.6 is 0 Å². The molecule has 0 spiro atoms. The van der Waals surface area contributed by atoms with Crippen molar-refractivity contribution >= 4 is 12.1 Å². The van der Waals surface area contributed by atoms with Crippen molar-refractivity contribution in [2.45, 2.75) is 19.1 Å². The summed E-state index contributed by atoms with van der Waals surface area (Å²) < 4.78 is 5.09. The molecule has 0 bridgehead atoms. The zero-order chi connectivity index (χ0) is 14.8. The minimum atomic E-state index is -1.36. The van der Waals surface area contributed by atoms with Crippen molar-refractivity contribution in [2.24, 2.45) is 5.92 Å². The minimum Gasteiger partial charge on any atom is -0.481 e. The minimum absolute atomic E-state index is 0.0198. The number of nitrogens with zero attached hydrogens (tertiary/aromatic N) is 1. The van der Waals surface area contributed by atoms with Gasteiger partial charge in [-0.05, 0) is 12.5 Å². The maximum atomic E-state index is 11.7. The first-order valence-corrected chi connectivity index (χ1v) is 6.33. The average Bonchev–Trinajstić information content (AvgIpc) is 2.41. The van der Waals surface area contributed by atoms with Crippen LogP contribution in [0.1, 0.15) is 12.5 Å². The Hall–Kier alpha value is -2.08. The van der Waals surface area contributed by atoms with Crippen LogP contribution in [0.15, 0.2) is 30.3 Å². The number of carbonyl (C=O) groups is 2. The first-order valence-electron chi connectivity index (χ1n) is 6.33. The fraction of sp³-hybridized carbons (Fsp3) is 0.429. The van der Waals surface area contributed by atoms with Gasteiger partial charge in [-0.2, -0.15) is 0 Å². The summed E-state index contributed by atoms with van der Waals surface area (Å²) in [5.41, 5.74) is -0.493. The Morgan fingerprint density at radius 1 is 1.35 bits per heavy atom. The Bertz CT molecular complexity index is 496. The van der Waals surface area contributed by atoms with E-state index in [1.165, 1.54) is 11.8 Å². The number of aliphatic hydroxyl groups is 1. The lowest BCUT2D eigenvalue weighted by Crippen LogP contribution is -2.67. The summed E-state index contributed by atoms with van der Waals surface area (Å²) in [6, 6.07) is 9.24. The monoisotopic (exact) mass is 279 g/mol. The molecule has 0 radical (unpaired) electrons. The quantitative estimate of drug-likeness (QED) is 0.861. The van der Waals surface area contributed by atoms with Crippen LogP contribution in [-0.4, -0.2) is 45.9 Å². The van der Waals surface area contributed by atoms with Crippen molar-refractivity contribution in [3.63, 3.8) is 0 Å². The fourth-order valence-electron chi connectivity index (χ4n) is 2.06. The van der Waals surface area contributed by atoms with Gasteiger partial charge in [0.05, 0.1) is 19.0 Å². The molecule has 1 fully saturated rings. The van der Waals surface area contributed by atoms with Crippen LogP contribution in [-0.2, 0) is 16.1 Å². The van der Waals surface area contributed by atoms with E-state index in [0.717, 1.165) is 5.56 Å². The molecule has 2 N–H and O–H groups in total. The number of ether oxygens (including phenoxy) is 1. The van der Waals surface area contributed by atoms with Crippen molar-refractivity contribution in [1.82, 2.24) is 4.90 Å². The van der Waals surface area contributed by atoms with E-state index >= 15 is 0 Å². The molecule has 20 heavy (non-hydrogen) atoms. The molecule has 1 saturated heterocycles. The maximum Gasteiger partial charge on any atom is 0.410 e. The van der Waals surface area contributed by atoms with E-state index in [2.05, 4.69) is 0 Å². The molecular formula is C14H17NO5. The third-order valence-electron chi connectivity index (χ3n) is 3.57. The van der Waals surface area contributed by atoms with Gasteiger partial charge in [0.25, 0.3) is 0 Å². The number of hydrogen-bond donors (Lipinski definition) is 2. The molecule has 0 aliphatic carbocycles. The molecule has 0 saturated carbocycles. The summed E-state index contributed by atoms with van der Waals surface area (Å²) in [5.74, 6) is -1.99. The largest absolute Gasteiger partial charge is 0.481 e. The SMILES string of the molecule is CC(C(=O)O)C1(O)CN(C(=O)OCc2ccccc2)C1. The van der Waals surface area contributed by atoms with Gasteiger partial charge in [-0.25, -0.2) is 4.79 Å². The molecule has 6 nitrogen and oxygen atoms in total. The van der Waals surface area contributed by atoms with Gasteiger partial charge in [0.1, 0.15) is 12.2 Å². The molecular weight excluding hydrogens is 262 g/mol. The van der Waals surface area contributed by atoms with Crippen molar-refractivity contribution in [3.8, 4) is 0 Å². The van der Waals surface area contributed by atoms with Crippen LogP contribution in [0.5, 0.6) is 0 Å². The van der Waals surface area contributed by atoms with Gasteiger partial charge in [0.15, 0.2) is 0 Å². The van der Waals surface area contributed by atoms with E-state index in [1.807, 2.05) is 30.3 Å². The average molecular weight is 279 g/mol. The second kappa shape index (κ2) is 5.50. The van der Waals surface area contributed by atoms with Crippen molar-refractivity contribution in [3.05, 3.63) is 35.9 Å². The number of β-amino-alcohol motifs (C(OH)–C–C–N with tert-alkyl or cyclic N) is 1. The number of carbonyl (C=O) groups excluding carboxylic acids is 1. The van der Waals surface area contributed by atoms with Crippen molar-refractivity contribution < 1.29 is 24.5 Å². The summed E-state index contributed by atoms with van der Waals surface area (Å²) in [4.78, 5) is 23.8. The molecule has 0 aromatic heterocycles. The molecule has 2 rings (SSSR count). The first kappa shape index (κ1) is 14.3. The van der Waals surface area contributed by atoms with Crippen LogP contribution < -0.4 is 0 Å². The summed E-state index contributed by atoms with van der Waals surface area (Å²) in [7, 11) is 0. The number of carboxylic acid groups (broad SMARTS) is 1.